The zero-order valence-corrected chi connectivity index (χ0v) is 19.6. The first kappa shape index (κ1) is 23.5. The molecule has 5 N–H and O–H groups in total. The summed E-state index contributed by atoms with van der Waals surface area (Å²) in [5.74, 6) is -4.55. The summed E-state index contributed by atoms with van der Waals surface area (Å²) in [6, 6.07) is 4.40. The van der Waals surface area contributed by atoms with Crippen LogP contribution in [0.25, 0.3) is 0 Å². The van der Waals surface area contributed by atoms with E-state index in [0.717, 1.165) is 0 Å². The smallest absolute Gasteiger partial charge is 0.207 e. The predicted octanol–water partition coefficient (Wildman–Crippen LogP) is 0.945. The lowest BCUT2D eigenvalue weighted by Crippen LogP contribution is -2.83. The van der Waals surface area contributed by atoms with Crippen molar-refractivity contribution in [3.8, 4) is 0 Å². The van der Waals surface area contributed by atoms with E-state index in [9.17, 15) is 29.7 Å². The van der Waals surface area contributed by atoms with E-state index in [1.165, 1.54) is 6.92 Å². The second kappa shape index (κ2) is 7.17. The molecule has 0 heterocycles. The van der Waals surface area contributed by atoms with E-state index >= 15 is 0 Å². The first-order valence-electron chi connectivity index (χ1n) is 10.9. The van der Waals surface area contributed by atoms with Crippen LogP contribution in [0.5, 0.6) is 0 Å². The quantitative estimate of drug-likeness (QED) is 0.484. The van der Waals surface area contributed by atoms with Crippen LogP contribution in [0.1, 0.15) is 48.2 Å². The number of aliphatic hydroxyl groups is 3. The minimum atomic E-state index is -2.86. The SMILES string of the molecule is CC(=O)C1=C(C)[C@@H](N(C)C)[C@]2(N)[C@@H](O)[C@H]3C(=C(O)[C@]2(O)C1=O)C(=O)c1c(C)cccc1[C@@H]3C. The molecule has 8 heteroatoms. The van der Waals surface area contributed by atoms with Crippen molar-refractivity contribution in [3.05, 3.63) is 57.4 Å². The van der Waals surface area contributed by atoms with Crippen molar-refractivity contribution in [1.29, 1.82) is 0 Å². The Hall–Kier alpha value is -2.65. The van der Waals surface area contributed by atoms with Crippen LogP contribution in [0.4, 0.5) is 0 Å². The Morgan fingerprint density at radius 2 is 1.79 bits per heavy atom. The minimum Gasteiger partial charge on any atom is -0.508 e. The number of hydrogen-bond acceptors (Lipinski definition) is 8. The third kappa shape index (κ3) is 2.57. The number of aryl methyl sites for hydroxylation is 1. The Kier molecular flexibility index (Phi) is 5.11. The molecule has 176 valence electrons. The van der Waals surface area contributed by atoms with Gasteiger partial charge in [0.05, 0.1) is 17.7 Å². The van der Waals surface area contributed by atoms with Crippen molar-refractivity contribution >= 4 is 17.3 Å². The number of nitrogens with two attached hydrogens (primary N) is 1. The number of nitrogens with zero attached hydrogens (tertiary/aromatic N) is 1. The molecule has 0 aliphatic heterocycles. The molecular formula is C25H30N2O6. The van der Waals surface area contributed by atoms with Gasteiger partial charge < -0.3 is 26.0 Å². The molecule has 0 radical (unpaired) electrons. The molecule has 3 aliphatic carbocycles. The molecule has 3 aliphatic rings. The van der Waals surface area contributed by atoms with Gasteiger partial charge in [-0.3, -0.25) is 14.4 Å². The lowest BCUT2D eigenvalue weighted by molar-refractivity contribution is -0.166. The monoisotopic (exact) mass is 454 g/mol. The van der Waals surface area contributed by atoms with Crippen LogP contribution in [-0.4, -0.2) is 75.0 Å². The van der Waals surface area contributed by atoms with Gasteiger partial charge in [-0.2, -0.15) is 0 Å². The number of ketones is 3. The highest BCUT2D eigenvalue weighted by Gasteiger charge is 2.73. The Labute approximate surface area is 192 Å². The third-order valence-corrected chi connectivity index (χ3v) is 7.87. The standard InChI is InChI=1S/C25H30N2O6/c1-10-8-7-9-14-11(2)17-18(19(29)15(10)14)23(32)25(33)22(31)16(13(4)28)12(3)20(27(5)6)24(25,26)21(17)30/h7-9,11,17,20-21,30,32-33H,26H2,1-6H3/t11-,17+,20+,21-,24-,25+/m0/s1. The van der Waals surface area contributed by atoms with Crippen molar-refractivity contribution in [2.45, 2.75) is 56.9 Å². The first-order chi connectivity index (χ1) is 15.2. The number of carbonyl (C=O) groups excluding carboxylic acids is 3. The average Bonchev–Trinajstić information content (AvgIpc) is 2.72. The Balaban J connectivity index is 2.12. The van der Waals surface area contributed by atoms with Gasteiger partial charge in [0.1, 0.15) is 11.3 Å². The lowest BCUT2D eigenvalue weighted by atomic mass is 9.50. The third-order valence-electron chi connectivity index (χ3n) is 7.87. The summed E-state index contributed by atoms with van der Waals surface area (Å²) in [5, 5.41) is 35.0. The molecule has 0 spiro atoms. The number of likely N-dealkylation sites (N-methyl/N-ethyl adjacent to an activating group) is 1. The van der Waals surface area contributed by atoms with Gasteiger partial charge in [-0.15, -0.1) is 0 Å². The molecule has 0 fully saturated rings. The molecule has 8 nitrogen and oxygen atoms in total. The van der Waals surface area contributed by atoms with Crippen molar-refractivity contribution in [2.24, 2.45) is 11.7 Å². The molecular weight excluding hydrogens is 424 g/mol. The maximum atomic E-state index is 13.6. The molecule has 0 bridgehead atoms. The molecule has 1 aromatic rings. The summed E-state index contributed by atoms with van der Waals surface area (Å²) < 4.78 is 0. The van der Waals surface area contributed by atoms with Gasteiger partial charge in [-0.05, 0) is 57.5 Å². The van der Waals surface area contributed by atoms with Crippen LogP contribution in [-0.2, 0) is 9.59 Å². The maximum absolute atomic E-state index is 13.6. The molecule has 33 heavy (non-hydrogen) atoms. The number of rotatable bonds is 2. The van der Waals surface area contributed by atoms with E-state index < -0.39 is 58.2 Å². The van der Waals surface area contributed by atoms with E-state index in [1.807, 2.05) is 13.0 Å². The zero-order chi connectivity index (χ0) is 24.8. The molecule has 0 amide bonds. The molecule has 1 aromatic carbocycles. The number of Topliss-reactive ketones (excluding diaryl/α,β-unsaturated/α-hetero) is 3. The van der Waals surface area contributed by atoms with Gasteiger partial charge in [-0.1, -0.05) is 25.1 Å². The molecule has 6 atom stereocenters. The predicted molar refractivity (Wildman–Crippen MR) is 121 cm³/mol. The van der Waals surface area contributed by atoms with Gasteiger partial charge in [0.25, 0.3) is 0 Å². The fraction of sp³-hybridized carbons (Fsp3) is 0.480. The van der Waals surface area contributed by atoms with Gasteiger partial charge in [0.2, 0.25) is 11.4 Å². The average molecular weight is 455 g/mol. The van der Waals surface area contributed by atoms with E-state index in [1.54, 1.807) is 45.0 Å². The van der Waals surface area contributed by atoms with Crippen LogP contribution in [0.2, 0.25) is 0 Å². The van der Waals surface area contributed by atoms with Gasteiger partial charge in [0, 0.05) is 17.1 Å². The Bertz CT molecular complexity index is 1180. The largest absolute Gasteiger partial charge is 0.508 e. The highest BCUT2D eigenvalue weighted by atomic mass is 16.4. The normalized spacial score (nSPS) is 36.1. The van der Waals surface area contributed by atoms with Crippen LogP contribution >= 0.6 is 0 Å². The minimum absolute atomic E-state index is 0.228. The summed E-state index contributed by atoms with van der Waals surface area (Å²) in [7, 11) is 3.29. The zero-order valence-electron chi connectivity index (χ0n) is 19.6. The van der Waals surface area contributed by atoms with Gasteiger partial charge in [-0.25, -0.2) is 0 Å². The fourth-order valence-electron chi connectivity index (χ4n) is 6.49. The highest BCUT2D eigenvalue weighted by Crippen LogP contribution is 2.56. The van der Waals surface area contributed by atoms with Gasteiger partial charge in [0.15, 0.2) is 11.6 Å². The molecule has 0 unspecified atom stereocenters. The number of carbonyl (C=O) groups is 3. The van der Waals surface area contributed by atoms with E-state index in [4.69, 9.17) is 5.73 Å². The van der Waals surface area contributed by atoms with Crippen molar-refractivity contribution in [3.63, 3.8) is 0 Å². The number of benzene rings is 1. The second-order valence-electron chi connectivity index (χ2n) is 9.84. The van der Waals surface area contributed by atoms with Crippen LogP contribution in [0.15, 0.2) is 40.7 Å². The Morgan fingerprint density at radius 3 is 2.33 bits per heavy atom. The van der Waals surface area contributed by atoms with E-state index in [0.29, 0.717) is 22.3 Å². The summed E-state index contributed by atoms with van der Waals surface area (Å²) in [6.45, 7) is 6.33. The molecule has 4 rings (SSSR count). The lowest BCUT2D eigenvalue weighted by Gasteiger charge is -2.60. The summed E-state index contributed by atoms with van der Waals surface area (Å²) in [6.07, 6.45) is -1.58. The van der Waals surface area contributed by atoms with Crippen LogP contribution in [0.3, 0.4) is 0 Å². The molecule has 0 saturated carbocycles. The molecule has 0 saturated heterocycles. The Morgan fingerprint density at radius 1 is 1.18 bits per heavy atom. The van der Waals surface area contributed by atoms with Crippen molar-refractivity contribution < 1.29 is 29.7 Å². The summed E-state index contributed by atoms with van der Waals surface area (Å²) >= 11 is 0. The number of aliphatic hydroxyl groups excluding tert-OH is 2. The van der Waals surface area contributed by atoms with E-state index in [2.05, 4.69) is 0 Å². The van der Waals surface area contributed by atoms with Crippen LogP contribution in [0, 0.1) is 12.8 Å². The summed E-state index contributed by atoms with van der Waals surface area (Å²) in [4.78, 5) is 41.2. The van der Waals surface area contributed by atoms with E-state index in [-0.39, 0.29) is 11.1 Å². The summed E-state index contributed by atoms with van der Waals surface area (Å²) in [5.41, 5.74) is 3.32. The maximum Gasteiger partial charge on any atom is 0.207 e. The number of hydrogen-bond donors (Lipinski definition) is 4. The fourth-order valence-corrected chi connectivity index (χ4v) is 6.49. The highest BCUT2D eigenvalue weighted by molar-refractivity contribution is 6.26. The van der Waals surface area contributed by atoms with Crippen molar-refractivity contribution in [2.75, 3.05) is 14.1 Å². The topological polar surface area (TPSA) is 141 Å². The second-order valence-corrected chi connectivity index (χ2v) is 9.84. The number of fused-ring (bicyclic) bond motifs is 3. The van der Waals surface area contributed by atoms with Gasteiger partial charge >= 0.3 is 0 Å². The first-order valence-corrected chi connectivity index (χ1v) is 10.9. The molecule has 0 aromatic heterocycles. The van der Waals surface area contributed by atoms with Crippen LogP contribution < -0.4 is 5.73 Å². The van der Waals surface area contributed by atoms with Crippen molar-refractivity contribution in [1.82, 2.24) is 4.90 Å².